The minimum atomic E-state index is -0.706. The van der Waals surface area contributed by atoms with E-state index in [1.165, 1.54) is 12.1 Å². The standard InChI is InChI=1S/C33H28F6I2/c34-26-14-20(10-12-24(26)22-16-28(36)32(40)29(37)17-22)8-6-4-2-1-3-5-7-9-21-11-13-25(27(35)15-21)23-18-30(38)33(41)31(39)19-23/h10-19H,1-9H2. The van der Waals surface area contributed by atoms with Crippen molar-refractivity contribution in [3.63, 3.8) is 0 Å². The molecule has 0 atom stereocenters. The Kier molecular flexibility index (Phi) is 11.6. The van der Waals surface area contributed by atoms with Crippen molar-refractivity contribution in [2.45, 2.75) is 57.8 Å². The summed E-state index contributed by atoms with van der Waals surface area (Å²) >= 11 is 3.17. The van der Waals surface area contributed by atoms with Crippen molar-refractivity contribution in [3.05, 3.63) is 114 Å². The van der Waals surface area contributed by atoms with Gasteiger partial charge in [-0.25, -0.2) is 26.3 Å². The molecule has 0 aromatic heterocycles. The van der Waals surface area contributed by atoms with Gasteiger partial charge in [-0.15, -0.1) is 0 Å². The fourth-order valence-corrected chi connectivity index (χ4v) is 5.48. The van der Waals surface area contributed by atoms with Crippen molar-refractivity contribution < 1.29 is 26.3 Å². The predicted molar refractivity (Wildman–Crippen MR) is 169 cm³/mol. The lowest BCUT2D eigenvalue weighted by molar-refractivity contribution is 0.570. The van der Waals surface area contributed by atoms with E-state index in [4.69, 9.17) is 0 Å². The summed E-state index contributed by atoms with van der Waals surface area (Å²) in [5.74, 6) is -3.80. The van der Waals surface area contributed by atoms with Crippen LogP contribution >= 0.6 is 45.2 Å². The molecule has 8 heteroatoms. The molecule has 0 radical (unpaired) electrons. The van der Waals surface area contributed by atoms with Crippen LogP contribution < -0.4 is 0 Å². The van der Waals surface area contributed by atoms with Crippen LogP contribution in [0.25, 0.3) is 22.3 Å². The molecule has 0 saturated heterocycles. The number of aryl methyl sites for hydroxylation is 2. The molecular formula is C33H28F6I2. The summed E-state index contributed by atoms with van der Waals surface area (Å²) in [6, 6.07) is 14.2. The SMILES string of the molecule is Fc1cc(CCCCCCCCCc2ccc(-c3cc(F)c(I)c(F)c3)c(F)c2)ccc1-c1cc(F)c(I)c(F)c1. The molecule has 0 saturated carbocycles. The van der Waals surface area contributed by atoms with Crippen molar-refractivity contribution in [2.75, 3.05) is 0 Å². The number of halogens is 8. The van der Waals surface area contributed by atoms with Gasteiger partial charge < -0.3 is 0 Å². The minimum absolute atomic E-state index is 0.109. The lowest BCUT2D eigenvalue weighted by atomic mass is 9.99. The average Bonchev–Trinajstić information content (AvgIpc) is 2.93. The second-order valence-corrected chi connectivity index (χ2v) is 12.3. The summed E-state index contributed by atoms with van der Waals surface area (Å²) in [5, 5.41) is 0. The topological polar surface area (TPSA) is 0 Å². The fourth-order valence-electron chi connectivity index (χ4n) is 4.86. The average molecular weight is 792 g/mol. The molecule has 0 amide bonds. The van der Waals surface area contributed by atoms with E-state index in [1.807, 2.05) is 0 Å². The van der Waals surface area contributed by atoms with Gasteiger partial charge in [0.05, 0.1) is 7.14 Å². The fraction of sp³-hybridized carbons (Fsp3) is 0.273. The molecule has 4 rings (SSSR count). The Balaban J connectivity index is 1.14. The first-order valence-corrected chi connectivity index (χ1v) is 15.7. The Labute approximate surface area is 263 Å². The third-order valence-corrected chi connectivity index (χ3v) is 9.15. The molecule has 0 spiro atoms. The van der Waals surface area contributed by atoms with Crippen molar-refractivity contribution in [2.24, 2.45) is 0 Å². The number of hydrogen-bond donors (Lipinski definition) is 0. The largest absolute Gasteiger partial charge is 0.206 e. The van der Waals surface area contributed by atoms with E-state index in [-0.39, 0.29) is 29.4 Å². The Bertz CT molecular complexity index is 1360. The summed E-state index contributed by atoms with van der Waals surface area (Å²) in [7, 11) is 0. The van der Waals surface area contributed by atoms with Crippen LogP contribution in [0.5, 0.6) is 0 Å². The molecule has 0 unspecified atom stereocenters. The maximum Gasteiger partial charge on any atom is 0.140 e. The smallest absolute Gasteiger partial charge is 0.140 e. The van der Waals surface area contributed by atoms with Crippen LogP contribution in [0.2, 0.25) is 0 Å². The molecule has 4 aromatic rings. The maximum absolute atomic E-state index is 14.6. The Morgan fingerprint density at radius 1 is 0.390 bits per heavy atom. The lowest BCUT2D eigenvalue weighted by Gasteiger charge is -2.09. The van der Waals surface area contributed by atoms with Crippen LogP contribution in [0, 0.1) is 42.0 Å². The summed E-state index contributed by atoms with van der Waals surface area (Å²) in [6.07, 6.45) is 8.55. The third kappa shape index (κ3) is 8.49. The highest BCUT2D eigenvalue weighted by molar-refractivity contribution is 14.1. The molecule has 216 valence electrons. The zero-order chi connectivity index (χ0) is 29.5. The van der Waals surface area contributed by atoms with Crippen LogP contribution in [0.1, 0.15) is 56.1 Å². The zero-order valence-corrected chi connectivity index (χ0v) is 26.5. The number of rotatable bonds is 12. The highest BCUT2D eigenvalue weighted by atomic mass is 127. The van der Waals surface area contributed by atoms with Crippen LogP contribution in [-0.2, 0) is 12.8 Å². The van der Waals surface area contributed by atoms with Crippen molar-refractivity contribution in [1.82, 2.24) is 0 Å². The van der Waals surface area contributed by atoms with Crippen LogP contribution in [0.4, 0.5) is 26.3 Å². The lowest BCUT2D eigenvalue weighted by Crippen LogP contribution is -1.94. The molecule has 0 aliphatic carbocycles. The second-order valence-electron chi connectivity index (χ2n) is 10.1. The predicted octanol–water partition coefficient (Wildman–Crippen LogP) is 11.6. The molecule has 0 aliphatic rings. The van der Waals surface area contributed by atoms with E-state index in [0.717, 1.165) is 93.2 Å². The summed E-state index contributed by atoms with van der Waals surface area (Å²) < 4.78 is 84.5. The van der Waals surface area contributed by atoms with Gasteiger partial charge in [0.15, 0.2) is 0 Å². The van der Waals surface area contributed by atoms with Gasteiger partial charge in [-0.2, -0.15) is 0 Å². The second kappa shape index (κ2) is 14.9. The minimum Gasteiger partial charge on any atom is -0.206 e. The van der Waals surface area contributed by atoms with Crippen molar-refractivity contribution in [1.29, 1.82) is 0 Å². The molecule has 0 nitrogen and oxygen atoms in total. The van der Waals surface area contributed by atoms with E-state index in [1.54, 1.807) is 69.4 Å². The van der Waals surface area contributed by atoms with E-state index in [9.17, 15) is 26.3 Å². The van der Waals surface area contributed by atoms with E-state index in [0.29, 0.717) is 0 Å². The van der Waals surface area contributed by atoms with Gasteiger partial charge in [-0.3, -0.25) is 0 Å². The first kappa shape index (κ1) is 31.8. The van der Waals surface area contributed by atoms with Gasteiger partial charge in [0.2, 0.25) is 0 Å². The summed E-state index contributed by atoms with van der Waals surface area (Å²) in [6.45, 7) is 0. The van der Waals surface area contributed by atoms with E-state index < -0.39 is 34.9 Å². The Hall–Kier alpha value is -2.08. The third-order valence-electron chi connectivity index (χ3n) is 7.09. The van der Waals surface area contributed by atoms with Crippen molar-refractivity contribution in [3.8, 4) is 22.3 Å². The molecule has 4 aromatic carbocycles. The van der Waals surface area contributed by atoms with Gasteiger partial charge >= 0.3 is 0 Å². The summed E-state index contributed by atoms with van der Waals surface area (Å²) in [4.78, 5) is 0. The highest BCUT2D eigenvalue weighted by Gasteiger charge is 2.14. The Morgan fingerprint density at radius 2 is 0.707 bits per heavy atom. The van der Waals surface area contributed by atoms with Gasteiger partial charge in [-0.1, -0.05) is 56.4 Å². The van der Waals surface area contributed by atoms with Gasteiger partial charge in [-0.05, 0) is 130 Å². The molecular weight excluding hydrogens is 764 g/mol. The quantitative estimate of drug-likeness (QED) is 0.0580. The van der Waals surface area contributed by atoms with Crippen LogP contribution in [0.3, 0.4) is 0 Å². The first-order chi connectivity index (χ1) is 19.6. The van der Waals surface area contributed by atoms with Gasteiger partial charge in [0, 0.05) is 11.1 Å². The maximum atomic E-state index is 14.6. The summed E-state index contributed by atoms with van der Waals surface area (Å²) in [5.41, 5.74) is 2.43. The molecule has 0 fully saturated rings. The van der Waals surface area contributed by atoms with Crippen LogP contribution in [-0.4, -0.2) is 0 Å². The molecule has 0 aliphatic heterocycles. The highest BCUT2D eigenvalue weighted by Crippen LogP contribution is 2.30. The molecule has 41 heavy (non-hydrogen) atoms. The van der Waals surface area contributed by atoms with Crippen molar-refractivity contribution >= 4 is 45.2 Å². The van der Waals surface area contributed by atoms with E-state index in [2.05, 4.69) is 0 Å². The molecule has 0 heterocycles. The van der Waals surface area contributed by atoms with E-state index >= 15 is 0 Å². The molecule has 0 N–H and O–H groups in total. The first-order valence-electron chi connectivity index (χ1n) is 13.5. The van der Waals surface area contributed by atoms with Gasteiger partial charge in [0.25, 0.3) is 0 Å². The zero-order valence-electron chi connectivity index (χ0n) is 22.2. The normalized spacial score (nSPS) is 11.3. The monoisotopic (exact) mass is 792 g/mol. The molecule has 0 bridgehead atoms. The Morgan fingerprint density at radius 3 is 1.02 bits per heavy atom. The number of benzene rings is 4. The number of hydrogen-bond acceptors (Lipinski definition) is 0. The number of unbranched alkanes of at least 4 members (excludes halogenated alkanes) is 6. The van der Waals surface area contributed by atoms with Crippen LogP contribution in [0.15, 0.2) is 60.7 Å². The van der Waals surface area contributed by atoms with Gasteiger partial charge in [0.1, 0.15) is 34.9 Å².